The Morgan fingerprint density at radius 3 is 2.49 bits per heavy atom. The van der Waals surface area contributed by atoms with Gasteiger partial charge in [-0.3, -0.25) is 14.8 Å². The van der Waals surface area contributed by atoms with Crippen molar-refractivity contribution in [2.24, 2.45) is 0 Å². The van der Waals surface area contributed by atoms with E-state index < -0.39 is 0 Å². The Morgan fingerprint density at radius 1 is 0.943 bits per heavy atom. The first kappa shape index (κ1) is 22.3. The molecule has 0 unspecified atom stereocenters. The summed E-state index contributed by atoms with van der Waals surface area (Å²) in [6.07, 6.45) is 7.90. The Labute approximate surface area is 202 Å². The van der Waals surface area contributed by atoms with Gasteiger partial charge in [-0.25, -0.2) is 4.98 Å². The maximum absolute atomic E-state index is 11.6. The highest BCUT2D eigenvalue weighted by molar-refractivity contribution is 6.02. The summed E-state index contributed by atoms with van der Waals surface area (Å²) < 4.78 is 10.9. The van der Waals surface area contributed by atoms with Crippen molar-refractivity contribution in [3.63, 3.8) is 0 Å². The molecule has 0 spiro atoms. The van der Waals surface area contributed by atoms with Crippen LogP contribution in [0.25, 0.3) is 22.1 Å². The number of ether oxygens (including phenoxy) is 1. The normalized spacial score (nSPS) is 10.9. The fraction of sp³-hybridized carbons (Fsp3) is 0.143. The largest absolute Gasteiger partial charge is 0.497 e. The van der Waals surface area contributed by atoms with E-state index in [1.54, 1.807) is 25.7 Å². The molecular formula is C28H24N4O3. The number of anilines is 1. The van der Waals surface area contributed by atoms with Crippen molar-refractivity contribution < 1.29 is 13.9 Å². The highest BCUT2D eigenvalue weighted by Crippen LogP contribution is 2.29. The van der Waals surface area contributed by atoms with Gasteiger partial charge in [-0.05, 0) is 40.8 Å². The van der Waals surface area contributed by atoms with Crippen LogP contribution in [0.2, 0.25) is 0 Å². The second-order valence-electron chi connectivity index (χ2n) is 8.29. The van der Waals surface area contributed by atoms with Crippen LogP contribution in [0.1, 0.15) is 29.4 Å². The molecule has 0 aliphatic heterocycles. The number of nitrogens with zero attached hydrogens (tertiary/aromatic N) is 3. The Morgan fingerprint density at radius 2 is 1.74 bits per heavy atom. The number of methoxy groups -OCH3 is 1. The van der Waals surface area contributed by atoms with Crippen molar-refractivity contribution >= 4 is 22.4 Å². The van der Waals surface area contributed by atoms with E-state index in [1.165, 1.54) is 13.3 Å². The number of carbonyl (C=O) groups excluding carboxylic acids is 1. The second kappa shape index (κ2) is 9.77. The summed E-state index contributed by atoms with van der Waals surface area (Å²) in [5, 5.41) is 4.99. The molecule has 7 heteroatoms. The van der Waals surface area contributed by atoms with Crippen LogP contribution >= 0.6 is 0 Å². The number of oxazole rings is 1. The van der Waals surface area contributed by atoms with Crippen molar-refractivity contribution in [3.8, 4) is 17.1 Å². The van der Waals surface area contributed by atoms with Gasteiger partial charge < -0.3 is 14.5 Å². The van der Waals surface area contributed by atoms with Crippen LogP contribution < -0.4 is 10.1 Å². The smallest absolute Gasteiger partial charge is 0.221 e. The topological polar surface area (TPSA) is 90.1 Å². The Balaban J connectivity index is 1.42. The standard InChI is InChI=1S/C28H24N4O3/c1-18(33)31-27-8-7-20(25-5-3-4-6-26(25)27)12-23-15-29-14-22(32-23)10-19-9-21(13-24(11-19)34-2)28-16-30-17-35-28/h3-9,11,13-17H,10,12H2,1-2H3,(H,31,33). The summed E-state index contributed by atoms with van der Waals surface area (Å²) >= 11 is 0. The summed E-state index contributed by atoms with van der Waals surface area (Å²) in [7, 11) is 1.64. The zero-order chi connectivity index (χ0) is 24.2. The molecule has 5 rings (SSSR count). The van der Waals surface area contributed by atoms with Crippen molar-refractivity contribution in [1.29, 1.82) is 0 Å². The van der Waals surface area contributed by atoms with Crippen LogP contribution in [0.4, 0.5) is 5.69 Å². The average Bonchev–Trinajstić information content (AvgIpc) is 3.41. The molecule has 1 amide bonds. The third-order valence-electron chi connectivity index (χ3n) is 5.74. The molecule has 0 saturated carbocycles. The molecule has 0 aliphatic carbocycles. The summed E-state index contributed by atoms with van der Waals surface area (Å²) in [5.41, 5.74) is 5.59. The molecule has 1 N–H and O–H groups in total. The van der Waals surface area contributed by atoms with Crippen LogP contribution in [0.5, 0.6) is 5.75 Å². The number of nitrogens with one attached hydrogen (secondary N) is 1. The Hall–Kier alpha value is -4.52. The summed E-state index contributed by atoms with van der Waals surface area (Å²) in [4.78, 5) is 24.9. The van der Waals surface area contributed by atoms with Gasteiger partial charge in [0, 0.05) is 48.8 Å². The van der Waals surface area contributed by atoms with E-state index in [0.717, 1.165) is 50.3 Å². The van der Waals surface area contributed by atoms with E-state index in [-0.39, 0.29) is 5.91 Å². The molecule has 35 heavy (non-hydrogen) atoms. The van der Waals surface area contributed by atoms with Gasteiger partial charge in [0.25, 0.3) is 0 Å². The molecule has 2 aromatic heterocycles. The van der Waals surface area contributed by atoms with Crippen molar-refractivity contribution in [2.45, 2.75) is 19.8 Å². The minimum atomic E-state index is -0.0921. The van der Waals surface area contributed by atoms with Crippen molar-refractivity contribution in [3.05, 3.63) is 102 Å². The molecule has 0 saturated heterocycles. The molecule has 0 bridgehead atoms. The minimum Gasteiger partial charge on any atom is -0.497 e. The van der Waals surface area contributed by atoms with Gasteiger partial charge in [0.15, 0.2) is 12.2 Å². The molecular weight excluding hydrogens is 440 g/mol. The Kier molecular flexibility index (Phi) is 6.22. The van der Waals surface area contributed by atoms with Gasteiger partial charge in [0.1, 0.15) is 5.75 Å². The number of carbonyl (C=O) groups is 1. The number of benzene rings is 3. The molecule has 2 heterocycles. The lowest BCUT2D eigenvalue weighted by atomic mass is 9.99. The van der Waals surface area contributed by atoms with Gasteiger partial charge in [0.05, 0.1) is 24.7 Å². The average molecular weight is 465 g/mol. The number of amides is 1. The van der Waals surface area contributed by atoms with E-state index in [9.17, 15) is 4.79 Å². The lowest BCUT2D eigenvalue weighted by Crippen LogP contribution is -2.07. The second-order valence-corrected chi connectivity index (χ2v) is 8.29. The van der Waals surface area contributed by atoms with Gasteiger partial charge in [-0.2, -0.15) is 0 Å². The van der Waals surface area contributed by atoms with Crippen LogP contribution in [0, 0.1) is 0 Å². The maximum atomic E-state index is 11.6. The van der Waals surface area contributed by atoms with E-state index in [1.807, 2.05) is 48.5 Å². The molecule has 174 valence electrons. The third kappa shape index (κ3) is 5.04. The SMILES string of the molecule is COc1cc(Cc2cncc(Cc3ccc(NC(C)=O)c4ccccc34)n2)cc(-c2cnco2)c1. The van der Waals surface area contributed by atoms with E-state index in [0.29, 0.717) is 18.6 Å². The number of hydrogen-bond acceptors (Lipinski definition) is 6. The van der Waals surface area contributed by atoms with Gasteiger partial charge in [-0.15, -0.1) is 0 Å². The van der Waals surface area contributed by atoms with Crippen molar-refractivity contribution in [2.75, 3.05) is 12.4 Å². The maximum Gasteiger partial charge on any atom is 0.221 e. The minimum absolute atomic E-state index is 0.0921. The lowest BCUT2D eigenvalue weighted by molar-refractivity contribution is -0.114. The molecule has 0 atom stereocenters. The van der Waals surface area contributed by atoms with Crippen LogP contribution in [0.15, 0.2) is 84.0 Å². The Bertz CT molecular complexity index is 1500. The fourth-order valence-corrected chi connectivity index (χ4v) is 4.22. The van der Waals surface area contributed by atoms with E-state index in [4.69, 9.17) is 14.1 Å². The highest BCUT2D eigenvalue weighted by Gasteiger charge is 2.11. The van der Waals surface area contributed by atoms with Gasteiger partial charge in [0.2, 0.25) is 5.91 Å². The molecule has 0 fully saturated rings. The van der Waals surface area contributed by atoms with Crippen LogP contribution in [-0.4, -0.2) is 28.0 Å². The van der Waals surface area contributed by atoms with E-state index >= 15 is 0 Å². The predicted molar refractivity (Wildman–Crippen MR) is 134 cm³/mol. The molecule has 5 aromatic rings. The van der Waals surface area contributed by atoms with E-state index in [2.05, 4.69) is 21.4 Å². The van der Waals surface area contributed by atoms with Gasteiger partial charge >= 0.3 is 0 Å². The summed E-state index contributed by atoms with van der Waals surface area (Å²) in [6.45, 7) is 1.51. The third-order valence-corrected chi connectivity index (χ3v) is 5.74. The monoisotopic (exact) mass is 464 g/mol. The number of fused-ring (bicyclic) bond motifs is 1. The lowest BCUT2D eigenvalue weighted by Gasteiger charge is -2.12. The predicted octanol–water partition coefficient (Wildman–Crippen LogP) is 5.43. The van der Waals surface area contributed by atoms with Gasteiger partial charge in [-0.1, -0.05) is 30.3 Å². The first-order valence-electron chi connectivity index (χ1n) is 11.2. The summed E-state index contributed by atoms with van der Waals surface area (Å²) in [6, 6.07) is 18.0. The first-order chi connectivity index (χ1) is 17.1. The highest BCUT2D eigenvalue weighted by atomic mass is 16.5. The number of aromatic nitrogens is 3. The molecule has 7 nitrogen and oxygen atoms in total. The number of hydrogen-bond donors (Lipinski definition) is 1. The zero-order valence-corrected chi connectivity index (χ0v) is 19.5. The fourth-order valence-electron chi connectivity index (χ4n) is 4.22. The molecule has 3 aromatic carbocycles. The molecule has 0 aliphatic rings. The number of rotatable bonds is 7. The summed E-state index contributed by atoms with van der Waals surface area (Å²) in [5.74, 6) is 1.33. The zero-order valence-electron chi connectivity index (χ0n) is 19.5. The first-order valence-corrected chi connectivity index (χ1v) is 11.2. The quantitative estimate of drug-likeness (QED) is 0.345. The van der Waals surface area contributed by atoms with Crippen LogP contribution in [0.3, 0.4) is 0 Å². The molecule has 0 radical (unpaired) electrons. The van der Waals surface area contributed by atoms with Crippen molar-refractivity contribution in [1.82, 2.24) is 15.0 Å². The van der Waals surface area contributed by atoms with Crippen LogP contribution in [-0.2, 0) is 17.6 Å².